The summed E-state index contributed by atoms with van der Waals surface area (Å²) in [5, 5.41) is 10.4. The van der Waals surface area contributed by atoms with E-state index < -0.39 is 0 Å². The van der Waals surface area contributed by atoms with Crippen LogP contribution in [0.15, 0.2) is 9.80 Å². The van der Waals surface area contributed by atoms with Gasteiger partial charge in [-0.1, -0.05) is 0 Å². The molecule has 0 fully saturated rings. The van der Waals surface area contributed by atoms with Gasteiger partial charge in [0.1, 0.15) is 0 Å². The van der Waals surface area contributed by atoms with Gasteiger partial charge in [-0.25, -0.2) is 4.98 Å². The van der Waals surface area contributed by atoms with E-state index in [0.29, 0.717) is 18.3 Å². The highest BCUT2D eigenvalue weighted by molar-refractivity contribution is 7.13. The van der Waals surface area contributed by atoms with Gasteiger partial charge in [0.25, 0.3) is 5.89 Å². The number of nitrogens with two attached hydrogens (primary N) is 1. The largest absolute Gasteiger partial charge is 0.419 e. The lowest BCUT2D eigenvalue weighted by Crippen LogP contribution is -2.02. The first-order valence-electron chi connectivity index (χ1n) is 4.24. The van der Waals surface area contributed by atoms with E-state index in [-0.39, 0.29) is 0 Å². The molecule has 0 spiro atoms. The number of aryl methyl sites for hydroxylation is 1. The maximum atomic E-state index is 5.43. The first-order valence-corrected chi connectivity index (χ1v) is 5.12. The molecule has 2 aromatic heterocycles. The van der Waals surface area contributed by atoms with Crippen molar-refractivity contribution in [3.63, 3.8) is 0 Å². The van der Waals surface area contributed by atoms with E-state index >= 15 is 0 Å². The third-order valence-corrected chi connectivity index (χ3v) is 2.54. The lowest BCUT2D eigenvalue weighted by atomic mass is 10.3. The minimum atomic E-state index is 0.482. The lowest BCUT2D eigenvalue weighted by Gasteiger charge is -1.87. The van der Waals surface area contributed by atoms with Crippen LogP contribution in [-0.2, 0) is 6.42 Å². The van der Waals surface area contributed by atoms with Crippen LogP contribution < -0.4 is 5.73 Å². The van der Waals surface area contributed by atoms with Gasteiger partial charge in [-0.3, -0.25) is 0 Å². The molecule has 5 nitrogen and oxygen atoms in total. The zero-order chi connectivity index (χ0) is 9.97. The average molecular weight is 210 g/mol. The van der Waals surface area contributed by atoms with E-state index in [1.54, 1.807) is 6.92 Å². The number of hydrogen-bond donors (Lipinski definition) is 1. The van der Waals surface area contributed by atoms with E-state index in [2.05, 4.69) is 15.2 Å². The summed E-state index contributed by atoms with van der Waals surface area (Å²) in [5.41, 5.74) is 6.40. The molecule has 2 heterocycles. The van der Waals surface area contributed by atoms with Gasteiger partial charge in [0.15, 0.2) is 5.01 Å². The van der Waals surface area contributed by atoms with Crippen LogP contribution in [-0.4, -0.2) is 21.7 Å². The van der Waals surface area contributed by atoms with E-state index in [4.69, 9.17) is 10.2 Å². The molecule has 0 saturated heterocycles. The van der Waals surface area contributed by atoms with Crippen molar-refractivity contribution in [2.24, 2.45) is 5.73 Å². The van der Waals surface area contributed by atoms with Crippen molar-refractivity contribution in [3.8, 4) is 10.9 Å². The van der Waals surface area contributed by atoms with Crippen molar-refractivity contribution in [1.82, 2.24) is 15.2 Å². The van der Waals surface area contributed by atoms with Crippen LogP contribution in [0.25, 0.3) is 10.9 Å². The number of aromatic nitrogens is 3. The fourth-order valence-electron chi connectivity index (χ4n) is 1.05. The Labute approximate surface area is 85.0 Å². The molecular weight excluding hydrogens is 200 g/mol. The predicted octanol–water partition coefficient (Wildman–Crippen LogP) is 1.00. The molecule has 74 valence electrons. The molecule has 0 radical (unpaired) electrons. The standard InChI is InChI=1S/C8H10N4OS/c1-5-11-12-7(13-5)8-10-6(2-3-9)4-14-8/h4H,2-3,9H2,1H3. The first kappa shape index (κ1) is 9.29. The van der Waals surface area contributed by atoms with Crippen molar-refractivity contribution in [2.75, 3.05) is 6.54 Å². The molecule has 0 aliphatic carbocycles. The van der Waals surface area contributed by atoms with Gasteiger partial charge in [-0.15, -0.1) is 21.5 Å². The second-order valence-corrected chi connectivity index (χ2v) is 3.67. The van der Waals surface area contributed by atoms with Crippen molar-refractivity contribution in [2.45, 2.75) is 13.3 Å². The first-order chi connectivity index (χ1) is 6.79. The third-order valence-electron chi connectivity index (χ3n) is 1.66. The Morgan fingerprint density at radius 3 is 3.00 bits per heavy atom. The van der Waals surface area contributed by atoms with Crippen LogP contribution in [0.1, 0.15) is 11.6 Å². The second kappa shape index (κ2) is 3.85. The number of nitrogens with zero attached hydrogens (tertiary/aromatic N) is 3. The molecule has 0 bridgehead atoms. The minimum absolute atomic E-state index is 0.482. The number of thiazole rings is 1. The summed E-state index contributed by atoms with van der Waals surface area (Å²) in [6, 6.07) is 0. The van der Waals surface area contributed by atoms with Gasteiger partial charge in [0.2, 0.25) is 5.89 Å². The maximum Gasteiger partial charge on any atom is 0.276 e. The quantitative estimate of drug-likeness (QED) is 0.817. The van der Waals surface area contributed by atoms with Crippen LogP contribution in [0.3, 0.4) is 0 Å². The summed E-state index contributed by atoms with van der Waals surface area (Å²) in [7, 11) is 0. The Morgan fingerprint density at radius 2 is 2.36 bits per heavy atom. The van der Waals surface area contributed by atoms with Crippen molar-refractivity contribution < 1.29 is 4.42 Å². The summed E-state index contributed by atoms with van der Waals surface area (Å²) < 4.78 is 5.26. The zero-order valence-electron chi connectivity index (χ0n) is 7.73. The smallest absolute Gasteiger partial charge is 0.276 e. The van der Waals surface area contributed by atoms with Crippen LogP contribution in [0.2, 0.25) is 0 Å². The van der Waals surface area contributed by atoms with Crippen LogP contribution in [0, 0.1) is 6.92 Å². The fourth-order valence-corrected chi connectivity index (χ4v) is 1.82. The molecule has 0 aliphatic rings. The molecule has 2 aromatic rings. The van der Waals surface area contributed by atoms with Crippen molar-refractivity contribution in [3.05, 3.63) is 17.0 Å². The Hall–Kier alpha value is -1.27. The Kier molecular flexibility index (Phi) is 2.55. The SMILES string of the molecule is Cc1nnc(-c2nc(CCN)cs2)o1. The van der Waals surface area contributed by atoms with Crippen molar-refractivity contribution >= 4 is 11.3 Å². The summed E-state index contributed by atoms with van der Waals surface area (Å²) >= 11 is 1.49. The molecule has 0 aromatic carbocycles. The summed E-state index contributed by atoms with van der Waals surface area (Å²) in [4.78, 5) is 4.33. The van der Waals surface area contributed by atoms with E-state index in [0.717, 1.165) is 17.1 Å². The highest BCUT2D eigenvalue weighted by atomic mass is 32.1. The van der Waals surface area contributed by atoms with E-state index in [1.165, 1.54) is 11.3 Å². The highest BCUT2D eigenvalue weighted by Gasteiger charge is 2.10. The normalized spacial score (nSPS) is 10.7. The topological polar surface area (TPSA) is 77.8 Å². The van der Waals surface area contributed by atoms with Gasteiger partial charge >= 0.3 is 0 Å². The zero-order valence-corrected chi connectivity index (χ0v) is 8.54. The molecule has 0 amide bonds. The molecule has 0 unspecified atom stereocenters. The summed E-state index contributed by atoms with van der Waals surface area (Å²) in [6.07, 6.45) is 0.781. The predicted molar refractivity (Wildman–Crippen MR) is 52.9 cm³/mol. The van der Waals surface area contributed by atoms with Crippen LogP contribution in [0.5, 0.6) is 0 Å². The molecule has 0 atom stereocenters. The van der Waals surface area contributed by atoms with Crippen molar-refractivity contribution in [1.29, 1.82) is 0 Å². The molecule has 0 aliphatic heterocycles. The second-order valence-electron chi connectivity index (χ2n) is 2.81. The highest BCUT2D eigenvalue weighted by Crippen LogP contribution is 2.22. The third kappa shape index (κ3) is 1.80. The summed E-state index contributed by atoms with van der Waals surface area (Å²) in [6.45, 7) is 2.36. The number of rotatable bonds is 3. The molecule has 2 rings (SSSR count). The molecule has 2 N–H and O–H groups in total. The van der Waals surface area contributed by atoms with Gasteiger partial charge in [0.05, 0.1) is 5.69 Å². The Bertz CT molecular complexity index is 422. The Morgan fingerprint density at radius 1 is 1.50 bits per heavy atom. The van der Waals surface area contributed by atoms with Gasteiger partial charge in [0, 0.05) is 18.7 Å². The van der Waals surface area contributed by atoms with E-state index in [1.807, 2.05) is 5.38 Å². The van der Waals surface area contributed by atoms with Gasteiger partial charge in [-0.05, 0) is 6.54 Å². The van der Waals surface area contributed by atoms with Crippen LogP contribution >= 0.6 is 11.3 Å². The van der Waals surface area contributed by atoms with Gasteiger partial charge < -0.3 is 10.2 Å². The van der Waals surface area contributed by atoms with Gasteiger partial charge in [-0.2, -0.15) is 0 Å². The minimum Gasteiger partial charge on any atom is -0.419 e. The molecular formula is C8H10N4OS. The summed E-state index contributed by atoms with van der Waals surface area (Å²) in [5.74, 6) is 1.03. The number of hydrogen-bond acceptors (Lipinski definition) is 6. The maximum absolute atomic E-state index is 5.43. The lowest BCUT2D eigenvalue weighted by molar-refractivity contribution is 0.532. The van der Waals surface area contributed by atoms with E-state index in [9.17, 15) is 0 Å². The fraction of sp³-hybridized carbons (Fsp3) is 0.375. The van der Waals surface area contributed by atoms with Crippen LogP contribution in [0.4, 0.5) is 0 Å². The Balaban J connectivity index is 2.24. The monoisotopic (exact) mass is 210 g/mol. The molecule has 0 saturated carbocycles. The average Bonchev–Trinajstić information content (AvgIpc) is 2.74. The molecule has 14 heavy (non-hydrogen) atoms. The molecule has 6 heteroatoms.